The maximum Gasteiger partial charge on any atom is 0.303 e. The summed E-state index contributed by atoms with van der Waals surface area (Å²) in [4.78, 5) is 10.4. The summed E-state index contributed by atoms with van der Waals surface area (Å²) in [6.07, 6.45) is 32.2. The van der Waals surface area contributed by atoms with Crippen LogP contribution in [0.1, 0.15) is 161 Å². The van der Waals surface area contributed by atoms with Gasteiger partial charge in [0.1, 0.15) is 0 Å². The Morgan fingerprint density at radius 1 is 0.367 bits per heavy atom. The molecule has 0 aliphatic heterocycles. The summed E-state index contributed by atoms with van der Waals surface area (Å²) in [6, 6.07) is 0. The van der Waals surface area contributed by atoms with E-state index < -0.39 is 5.97 Å². The lowest BCUT2D eigenvalue weighted by molar-refractivity contribution is -0.137. The number of unbranched alkanes of at least 4 members (excludes halogenated alkanes) is 23. The van der Waals surface area contributed by atoms with Crippen LogP contribution in [0.25, 0.3) is 0 Å². The van der Waals surface area contributed by atoms with E-state index in [1.165, 1.54) is 135 Å². The highest BCUT2D eigenvalue weighted by Crippen LogP contribution is 2.15. The number of carboxylic acid groups (broad SMARTS) is 1. The van der Waals surface area contributed by atoms with Gasteiger partial charge in [-0.1, -0.05) is 141 Å². The van der Waals surface area contributed by atoms with E-state index in [9.17, 15) is 4.79 Å². The van der Waals surface area contributed by atoms with Crippen LogP contribution < -0.4 is 0 Å². The van der Waals surface area contributed by atoms with Gasteiger partial charge in [-0.2, -0.15) is 0 Å². The number of rotatable bonds is 26. The first-order valence-electron chi connectivity index (χ1n) is 13.6. The monoisotopic (exact) mass is 426 g/mol. The molecule has 30 heavy (non-hydrogen) atoms. The van der Waals surface area contributed by atoms with Crippen LogP contribution in [-0.4, -0.2) is 22.8 Å². The van der Waals surface area contributed by atoms with Gasteiger partial charge in [-0.15, -0.1) is 0 Å². The molecule has 0 bridgehead atoms. The molecule has 0 aliphatic carbocycles. The van der Waals surface area contributed by atoms with Crippen molar-refractivity contribution in [2.45, 2.75) is 161 Å². The van der Waals surface area contributed by atoms with Crippen LogP contribution in [0, 0.1) is 0 Å². The van der Waals surface area contributed by atoms with Gasteiger partial charge in [-0.05, 0) is 12.8 Å². The number of aliphatic hydroxyl groups is 1. The molecule has 0 atom stereocenters. The Kier molecular flexibility index (Phi) is 26.0. The van der Waals surface area contributed by atoms with Crippen molar-refractivity contribution in [3.63, 3.8) is 0 Å². The summed E-state index contributed by atoms with van der Waals surface area (Å²) in [5, 5.41) is 17.3. The van der Waals surface area contributed by atoms with E-state index in [-0.39, 0.29) is 0 Å². The summed E-state index contributed by atoms with van der Waals surface area (Å²) in [6.45, 7) is 0.362. The smallest absolute Gasteiger partial charge is 0.303 e. The fourth-order valence-electron chi connectivity index (χ4n) is 4.28. The molecule has 0 saturated heterocycles. The van der Waals surface area contributed by atoms with E-state index in [1.54, 1.807) is 0 Å². The molecule has 0 saturated carbocycles. The minimum absolute atomic E-state index is 0.341. The van der Waals surface area contributed by atoms with Crippen LogP contribution in [-0.2, 0) is 4.79 Å². The van der Waals surface area contributed by atoms with Crippen LogP contribution in [0.15, 0.2) is 0 Å². The second-order valence-electron chi connectivity index (χ2n) is 9.35. The van der Waals surface area contributed by atoms with Crippen molar-refractivity contribution < 1.29 is 15.0 Å². The topological polar surface area (TPSA) is 57.5 Å². The summed E-state index contributed by atoms with van der Waals surface area (Å²) in [5.41, 5.74) is 0. The largest absolute Gasteiger partial charge is 0.481 e. The SMILES string of the molecule is O=C(O)CCCCCCCCCCCCCCCCCCCCCCCCCCO. The van der Waals surface area contributed by atoms with Gasteiger partial charge in [0, 0.05) is 13.0 Å². The lowest BCUT2D eigenvalue weighted by Gasteiger charge is -2.04. The summed E-state index contributed by atoms with van der Waals surface area (Å²) < 4.78 is 0. The first kappa shape index (κ1) is 29.4. The van der Waals surface area contributed by atoms with Gasteiger partial charge < -0.3 is 10.2 Å². The van der Waals surface area contributed by atoms with Crippen molar-refractivity contribution in [2.24, 2.45) is 0 Å². The fourth-order valence-corrected chi connectivity index (χ4v) is 4.28. The van der Waals surface area contributed by atoms with E-state index >= 15 is 0 Å². The Hall–Kier alpha value is -0.570. The third-order valence-electron chi connectivity index (χ3n) is 6.30. The maximum absolute atomic E-state index is 10.4. The molecule has 0 radical (unpaired) electrons. The van der Waals surface area contributed by atoms with E-state index in [1.807, 2.05) is 0 Å². The molecule has 180 valence electrons. The van der Waals surface area contributed by atoms with Crippen molar-refractivity contribution >= 4 is 5.97 Å². The van der Waals surface area contributed by atoms with Crippen LogP contribution in [0.4, 0.5) is 0 Å². The van der Waals surface area contributed by atoms with Crippen molar-refractivity contribution in [3.05, 3.63) is 0 Å². The molecule has 0 fully saturated rings. The van der Waals surface area contributed by atoms with E-state index in [4.69, 9.17) is 10.2 Å². The minimum atomic E-state index is -0.654. The van der Waals surface area contributed by atoms with E-state index in [0.29, 0.717) is 13.0 Å². The molecule has 0 aromatic carbocycles. The zero-order valence-corrected chi connectivity index (χ0v) is 20.2. The number of carbonyl (C=O) groups is 1. The zero-order valence-electron chi connectivity index (χ0n) is 20.2. The summed E-state index contributed by atoms with van der Waals surface area (Å²) >= 11 is 0. The van der Waals surface area contributed by atoms with Crippen LogP contribution in [0.2, 0.25) is 0 Å². The second-order valence-corrected chi connectivity index (χ2v) is 9.35. The first-order valence-corrected chi connectivity index (χ1v) is 13.6. The van der Waals surface area contributed by atoms with Crippen LogP contribution in [0.5, 0.6) is 0 Å². The summed E-state index contributed by atoms with van der Waals surface area (Å²) in [7, 11) is 0. The number of carboxylic acids is 1. The maximum atomic E-state index is 10.4. The normalized spacial score (nSPS) is 11.2. The second kappa shape index (κ2) is 26.5. The fraction of sp³-hybridized carbons (Fsp3) is 0.963. The molecule has 0 aromatic heterocycles. The predicted octanol–water partition coefficient (Wildman–Crippen LogP) is 8.82. The average Bonchev–Trinajstić information content (AvgIpc) is 2.73. The molecule has 3 heteroatoms. The van der Waals surface area contributed by atoms with E-state index in [0.717, 1.165) is 19.3 Å². The van der Waals surface area contributed by atoms with Gasteiger partial charge in [-0.3, -0.25) is 4.79 Å². The highest BCUT2D eigenvalue weighted by molar-refractivity contribution is 5.66. The Bertz CT molecular complexity index is 330. The van der Waals surface area contributed by atoms with Gasteiger partial charge in [0.2, 0.25) is 0 Å². The van der Waals surface area contributed by atoms with Crippen LogP contribution in [0.3, 0.4) is 0 Å². The molecule has 0 amide bonds. The number of hydrogen-bond donors (Lipinski definition) is 2. The lowest BCUT2D eigenvalue weighted by Crippen LogP contribution is -1.93. The number of aliphatic hydroxyl groups excluding tert-OH is 1. The Balaban J connectivity index is 2.99. The highest BCUT2D eigenvalue weighted by Gasteiger charge is 1.97. The van der Waals surface area contributed by atoms with Gasteiger partial charge in [0.05, 0.1) is 0 Å². The molecular weight excluding hydrogens is 372 g/mol. The van der Waals surface area contributed by atoms with Crippen molar-refractivity contribution in [2.75, 3.05) is 6.61 Å². The quantitative estimate of drug-likeness (QED) is 0.136. The lowest BCUT2D eigenvalue weighted by atomic mass is 10.0. The number of aliphatic carboxylic acids is 1. The molecule has 0 heterocycles. The van der Waals surface area contributed by atoms with Crippen molar-refractivity contribution in [1.82, 2.24) is 0 Å². The van der Waals surface area contributed by atoms with Crippen molar-refractivity contribution in [1.29, 1.82) is 0 Å². The van der Waals surface area contributed by atoms with Gasteiger partial charge in [-0.25, -0.2) is 0 Å². The predicted molar refractivity (Wildman–Crippen MR) is 130 cm³/mol. The Morgan fingerprint density at radius 2 is 0.567 bits per heavy atom. The van der Waals surface area contributed by atoms with Gasteiger partial charge in [0.15, 0.2) is 0 Å². The molecule has 2 N–H and O–H groups in total. The Morgan fingerprint density at radius 3 is 0.767 bits per heavy atom. The summed E-state index contributed by atoms with van der Waals surface area (Å²) in [5.74, 6) is -0.654. The molecule has 0 rings (SSSR count). The molecule has 3 nitrogen and oxygen atoms in total. The molecule has 0 unspecified atom stereocenters. The molecule has 0 aromatic rings. The third kappa shape index (κ3) is 27.4. The first-order chi connectivity index (χ1) is 14.8. The van der Waals surface area contributed by atoms with E-state index in [2.05, 4.69) is 0 Å². The highest BCUT2D eigenvalue weighted by atomic mass is 16.4. The average molecular weight is 427 g/mol. The third-order valence-corrected chi connectivity index (χ3v) is 6.30. The van der Waals surface area contributed by atoms with Crippen molar-refractivity contribution in [3.8, 4) is 0 Å². The molecule has 0 spiro atoms. The zero-order chi connectivity index (χ0) is 22.0. The van der Waals surface area contributed by atoms with Gasteiger partial charge >= 0.3 is 5.97 Å². The minimum Gasteiger partial charge on any atom is -0.481 e. The standard InChI is InChI=1S/C27H54O3/c28-26-24-22-20-18-16-14-12-10-8-6-4-2-1-3-5-7-9-11-13-15-17-19-21-23-25-27(29)30/h28H,1-26H2,(H,29,30). The molecule has 0 aliphatic rings. The van der Waals surface area contributed by atoms with Gasteiger partial charge in [0.25, 0.3) is 0 Å². The molecular formula is C27H54O3. The Labute approximate surface area is 188 Å². The number of hydrogen-bond acceptors (Lipinski definition) is 2. The van der Waals surface area contributed by atoms with Crippen LogP contribution >= 0.6 is 0 Å².